The topological polar surface area (TPSA) is 0 Å². The van der Waals surface area contributed by atoms with E-state index in [4.69, 9.17) is 23.2 Å². The van der Waals surface area contributed by atoms with E-state index < -0.39 is 0 Å². The molecule has 0 amide bonds. The van der Waals surface area contributed by atoms with Gasteiger partial charge in [-0.25, -0.2) is 0 Å². The first-order valence-corrected chi connectivity index (χ1v) is 4.27. The van der Waals surface area contributed by atoms with E-state index in [0.29, 0.717) is 11.8 Å². The number of halogens is 4. The van der Waals surface area contributed by atoms with E-state index in [1.165, 1.54) is 0 Å². The molecule has 0 saturated heterocycles. The molecule has 0 rings (SSSR count). The largest absolute Gasteiger partial charge is 0.124 e. The molecule has 0 unspecified atom stereocenters. The molecule has 0 aromatic heterocycles. The predicted molar refractivity (Wildman–Crippen MR) is 42.0 cm³/mol. The molecule has 0 aliphatic rings. The molecule has 0 aliphatic heterocycles. The Bertz CT molecular complexity index is 48.9. The van der Waals surface area contributed by atoms with Gasteiger partial charge < -0.3 is 0 Å². The second kappa shape index (κ2) is 3.54. The first-order chi connectivity index (χ1) is 3.12. The summed E-state index contributed by atoms with van der Waals surface area (Å²) in [7, 11) is 0. The minimum absolute atomic E-state index is 0.261. The molecule has 0 saturated carbocycles. The lowest BCUT2D eigenvalue weighted by Crippen LogP contribution is -2.14. The van der Waals surface area contributed by atoms with Crippen molar-refractivity contribution in [2.45, 2.75) is 3.23 Å². The van der Waals surface area contributed by atoms with Gasteiger partial charge in [0.25, 0.3) is 0 Å². The average molecular weight is 271 g/mol. The van der Waals surface area contributed by atoms with Gasteiger partial charge in [-0.05, 0) is 0 Å². The molecule has 44 valence electrons. The van der Waals surface area contributed by atoms with Crippen LogP contribution in [0.2, 0.25) is 0 Å². The number of rotatable bonds is 2. The van der Waals surface area contributed by atoms with Crippen LogP contribution in [0.15, 0.2) is 0 Å². The van der Waals surface area contributed by atoms with Gasteiger partial charge in [-0.1, -0.05) is 31.9 Å². The van der Waals surface area contributed by atoms with Crippen molar-refractivity contribution in [3.05, 3.63) is 0 Å². The van der Waals surface area contributed by atoms with Crippen LogP contribution in [0, 0.1) is 0 Å². The van der Waals surface area contributed by atoms with E-state index in [1.54, 1.807) is 0 Å². The zero-order chi connectivity index (χ0) is 5.91. The van der Waals surface area contributed by atoms with Gasteiger partial charge in [0.1, 0.15) is 3.23 Å². The van der Waals surface area contributed by atoms with Gasteiger partial charge in [0.05, 0.1) is 0 Å². The molecule has 0 spiro atoms. The number of alkyl halides is 4. The normalized spacial score (nSPS) is 12.0. The van der Waals surface area contributed by atoms with E-state index in [0.717, 1.165) is 0 Å². The minimum Gasteiger partial charge on any atom is -0.124 e. The SMILES string of the molecule is ClCC(Br)(Br)CCl. The molecule has 0 radical (unpaired) electrons. The van der Waals surface area contributed by atoms with Crippen molar-refractivity contribution in [2.24, 2.45) is 0 Å². The maximum atomic E-state index is 5.42. The van der Waals surface area contributed by atoms with Crippen LogP contribution < -0.4 is 0 Å². The van der Waals surface area contributed by atoms with E-state index in [-0.39, 0.29) is 3.23 Å². The monoisotopic (exact) mass is 268 g/mol. The first-order valence-electron chi connectivity index (χ1n) is 1.62. The summed E-state index contributed by atoms with van der Waals surface area (Å²) in [6.45, 7) is 0. The number of hydrogen-bond donors (Lipinski definition) is 0. The quantitative estimate of drug-likeness (QED) is 0.677. The van der Waals surface area contributed by atoms with Crippen molar-refractivity contribution in [2.75, 3.05) is 11.8 Å². The fraction of sp³-hybridized carbons (Fsp3) is 1.00. The van der Waals surface area contributed by atoms with E-state index in [9.17, 15) is 0 Å². The fourth-order valence-electron chi connectivity index (χ4n) is 0.0357. The fourth-order valence-corrected chi connectivity index (χ4v) is 0.321. The van der Waals surface area contributed by atoms with Gasteiger partial charge in [-0.15, -0.1) is 23.2 Å². The van der Waals surface area contributed by atoms with Gasteiger partial charge in [0.15, 0.2) is 0 Å². The van der Waals surface area contributed by atoms with Crippen LogP contribution in [0.4, 0.5) is 0 Å². The lowest BCUT2D eigenvalue weighted by Gasteiger charge is -2.10. The molecular weight excluding hydrogens is 267 g/mol. The summed E-state index contributed by atoms with van der Waals surface area (Å²) in [6.07, 6.45) is 0. The molecule has 0 fully saturated rings. The Morgan fingerprint density at radius 1 is 1.14 bits per heavy atom. The molecule has 0 aromatic carbocycles. The third kappa shape index (κ3) is 4.07. The van der Waals surface area contributed by atoms with Crippen molar-refractivity contribution >= 4 is 55.1 Å². The van der Waals surface area contributed by atoms with Crippen LogP contribution >= 0.6 is 55.1 Å². The average Bonchev–Trinajstić information content (AvgIpc) is 1.68. The van der Waals surface area contributed by atoms with E-state index in [2.05, 4.69) is 31.9 Å². The van der Waals surface area contributed by atoms with Crippen molar-refractivity contribution in [1.29, 1.82) is 0 Å². The minimum atomic E-state index is -0.261. The second-order valence-corrected chi connectivity index (χ2v) is 5.76. The molecule has 0 aliphatic carbocycles. The van der Waals surface area contributed by atoms with Crippen LogP contribution in [0.25, 0.3) is 0 Å². The Morgan fingerprint density at radius 2 is 1.43 bits per heavy atom. The Balaban J connectivity index is 3.36. The molecule has 0 bridgehead atoms. The lowest BCUT2D eigenvalue weighted by atomic mass is 10.6. The van der Waals surface area contributed by atoms with Crippen LogP contribution in [-0.2, 0) is 0 Å². The summed E-state index contributed by atoms with van der Waals surface area (Å²) in [5.74, 6) is 0.938. The highest BCUT2D eigenvalue weighted by atomic mass is 79.9. The Kier molecular flexibility index (Phi) is 4.32. The van der Waals surface area contributed by atoms with E-state index >= 15 is 0 Å². The highest BCUT2D eigenvalue weighted by Gasteiger charge is 2.18. The molecule has 0 heterocycles. The van der Waals surface area contributed by atoms with Gasteiger partial charge >= 0.3 is 0 Å². The summed E-state index contributed by atoms with van der Waals surface area (Å²) < 4.78 is -0.261. The highest BCUT2D eigenvalue weighted by Crippen LogP contribution is 2.28. The summed E-state index contributed by atoms with van der Waals surface area (Å²) in [6, 6.07) is 0. The molecule has 0 atom stereocenters. The number of hydrogen-bond acceptors (Lipinski definition) is 0. The second-order valence-electron chi connectivity index (χ2n) is 1.12. The highest BCUT2D eigenvalue weighted by molar-refractivity contribution is 9.25. The van der Waals surface area contributed by atoms with Crippen molar-refractivity contribution < 1.29 is 0 Å². The van der Waals surface area contributed by atoms with Crippen molar-refractivity contribution in [1.82, 2.24) is 0 Å². The molecule has 4 heteroatoms. The molecular formula is C3H4Br2Cl2. The van der Waals surface area contributed by atoms with Crippen LogP contribution in [-0.4, -0.2) is 15.0 Å². The summed E-state index contributed by atoms with van der Waals surface area (Å²) in [4.78, 5) is 0. The maximum Gasteiger partial charge on any atom is 0.107 e. The van der Waals surface area contributed by atoms with Crippen LogP contribution in [0.5, 0.6) is 0 Å². The van der Waals surface area contributed by atoms with Gasteiger partial charge in [-0.3, -0.25) is 0 Å². The zero-order valence-electron chi connectivity index (χ0n) is 3.43. The van der Waals surface area contributed by atoms with Crippen LogP contribution in [0.1, 0.15) is 0 Å². The predicted octanol–water partition coefficient (Wildman–Crippen LogP) is 2.95. The Hall–Kier alpha value is 1.54. The van der Waals surface area contributed by atoms with Gasteiger partial charge in [0.2, 0.25) is 0 Å². The summed E-state index contributed by atoms with van der Waals surface area (Å²) in [5, 5.41) is 0. The summed E-state index contributed by atoms with van der Waals surface area (Å²) >= 11 is 17.3. The molecule has 0 N–H and O–H groups in total. The Morgan fingerprint density at radius 3 is 1.43 bits per heavy atom. The standard InChI is InChI=1S/C3H4Br2Cl2/c4-3(5,1-6)2-7/h1-2H2. The van der Waals surface area contributed by atoms with Gasteiger partial charge in [0, 0.05) is 11.8 Å². The summed E-state index contributed by atoms with van der Waals surface area (Å²) in [5.41, 5.74) is 0. The molecule has 7 heavy (non-hydrogen) atoms. The zero-order valence-corrected chi connectivity index (χ0v) is 8.11. The first kappa shape index (κ1) is 8.54. The van der Waals surface area contributed by atoms with Gasteiger partial charge in [-0.2, -0.15) is 0 Å². The maximum absolute atomic E-state index is 5.42. The smallest absolute Gasteiger partial charge is 0.107 e. The molecule has 0 aromatic rings. The third-order valence-electron chi connectivity index (χ3n) is 0.391. The van der Waals surface area contributed by atoms with E-state index in [1.807, 2.05) is 0 Å². The Labute approximate surface area is 69.8 Å². The lowest BCUT2D eigenvalue weighted by molar-refractivity contribution is 1.10. The molecule has 0 nitrogen and oxygen atoms in total. The van der Waals surface area contributed by atoms with Crippen molar-refractivity contribution in [3.8, 4) is 0 Å². The third-order valence-corrected chi connectivity index (χ3v) is 3.72. The van der Waals surface area contributed by atoms with Crippen LogP contribution in [0.3, 0.4) is 0 Å². The van der Waals surface area contributed by atoms with Crippen molar-refractivity contribution in [3.63, 3.8) is 0 Å².